The number of amides is 2. The SMILES string of the molecule is CCCCCCCCCCCCCCCC(=O)NCCCC[C@H](NC)C(N)=O. The molecular weight excluding hydrogens is 350 g/mol. The van der Waals surface area contributed by atoms with Crippen LogP contribution >= 0.6 is 0 Å². The summed E-state index contributed by atoms with van der Waals surface area (Å²) in [5, 5.41) is 5.88. The third-order valence-corrected chi connectivity index (χ3v) is 5.44. The zero-order valence-corrected chi connectivity index (χ0v) is 18.7. The Morgan fingerprint density at radius 2 is 1.25 bits per heavy atom. The molecule has 0 aliphatic rings. The summed E-state index contributed by atoms with van der Waals surface area (Å²) in [5.74, 6) is -0.155. The van der Waals surface area contributed by atoms with E-state index >= 15 is 0 Å². The summed E-state index contributed by atoms with van der Waals surface area (Å²) in [6.07, 6.45) is 20.3. The number of carbonyl (C=O) groups is 2. The molecule has 0 rings (SSSR count). The smallest absolute Gasteiger partial charge is 0.234 e. The van der Waals surface area contributed by atoms with Gasteiger partial charge in [0.15, 0.2) is 0 Å². The Kier molecular flexibility index (Phi) is 19.8. The van der Waals surface area contributed by atoms with Gasteiger partial charge in [0.2, 0.25) is 11.8 Å². The monoisotopic (exact) mass is 397 g/mol. The first-order valence-electron chi connectivity index (χ1n) is 11.8. The van der Waals surface area contributed by atoms with Crippen LogP contribution in [0, 0.1) is 0 Å². The molecular formula is C23H47N3O2. The molecule has 2 amide bonds. The molecule has 0 saturated heterocycles. The molecule has 4 N–H and O–H groups in total. The Morgan fingerprint density at radius 1 is 0.750 bits per heavy atom. The van der Waals surface area contributed by atoms with Crippen LogP contribution in [0.3, 0.4) is 0 Å². The lowest BCUT2D eigenvalue weighted by molar-refractivity contribution is -0.121. The third-order valence-electron chi connectivity index (χ3n) is 5.44. The molecule has 0 spiro atoms. The van der Waals surface area contributed by atoms with Gasteiger partial charge in [-0.05, 0) is 32.7 Å². The minimum absolute atomic E-state index is 0.156. The van der Waals surface area contributed by atoms with Crippen molar-refractivity contribution in [2.24, 2.45) is 5.73 Å². The summed E-state index contributed by atoms with van der Waals surface area (Å²) in [5.41, 5.74) is 5.28. The number of rotatable bonds is 21. The van der Waals surface area contributed by atoms with E-state index in [9.17, 15) is 9.59 Å². The highest BCUT2D eigenvalue weighted by Gasteiger charge is 2.11. The van der Waals surface area contributed by atoms with E-state index in [0.717, 1.165) is 32.1 Å². The molecule has 0 unspecified atom stereocenters. The molecule has 0 aromatic carbocycles. The predicted octanol–water partition coefficient (Wildman–Crippen LogP) is 4.83. The van der Waals surface area contributed by atoms with Gasteiger partial charge >= 0.3 is 0 Å². The number of unbranched alkanes of at least 4 members (excludes halogenated alkanes) is 13. The van der Waals surface area contributed by atoms with Gasteiger partial charge in [-0.2, -0.15) is 0 Å². The first-order chi connectivity index (χ1) is 13.6. The normalized spacial score (nSPS) is 12.1. The number of carbonyl (C=O) groups excluding carboxylic acids is 2. The fourth-order valence-electron chi connectivity index (χ4n) is 3.52. The Morgan fingerprint density at radius 3 is 1.71 bits per heavy atom. The average Bonchev–Trinajstić information content (AvgIpc) is 2.68. The maximum Gasteiger partial charge on any atom is 0.234 e. The first-order valence-corrected chi connectivity index (χ1v) is 11.8. The van der Waals surface area contributed by atoms with Crippen LogP contribution in [0.15, 0.2) is 0 Å². The predicted molar refractivity (Wildman–Crippen MR) is 119 cm³/mol. The third kappa shape index (κ3) is 18.3. The van der Waals surface area contributed by atoms with E-state index in [4.69, 9.17) is 5.73 Å². The van der Waals surface area contributed by atoms with E-state index in [1.54, 1.807) is 7.05 Å². The number of primary amides is 1. The van der Waals surface area contributed by atoms with E-state index in [1.165, 1.54) is 70.6 Å². The summed E-state index contributed by atoms with van der Waals surface area (Å²) in [6.45, 7) is 2.95. The van der Waals surface area contributed by atoms with Crippen molar-refractivity contribution in [1.29, 1.82) is 0 Å². The molecule has 0 radical (unpaired) electrons. The fourth-order valence-corrected chi connectivity index (χ4v) is 3.52. The highest BCUT2D eigenvalue weighted by molar-refractivity contribution is 5.79. The molecule has 1 atom stereocenters. The van der Waals surface area contributed by atoms with Gasteiger partial charge in [0.05, 0.1) is 6.04 Å². The van der Waals surface area contributed by atoms with Gasteiger partial charge in [0, 0.05) is 13.0 Å². The Bertz CT molecular complexity index is 375. The van der Waals surface area contributed by atoms with Crippen molar-refractivity contribution >= 4 is 11.8 Å². The average molecular weight is 398 g/mol. The molecule has 0 fully saturated rings. The molecule has 28 heavy (non-hydrogen) atoms. The van der Waals surface area contributed by atoms with Crippen molar-refractivity contribution in [2.45, 2.75) is 122 Å². The van der Waals surface area contributed by atoms with Gasteiger partial charge in [-0.25, -0.2) is 0 Å². The zero-order valence-electron chi connectivity index (χ0n) is 18.7. The van der Waals surface area contributed by atoms with Crippen LogP contribution in [-0.4, -0.2) is 31.4 Å². The fraction of sp³-hybridized carbons (Fsp3) is 0.913. The van der Waals surface area contributed by atoms with Gasteiger partial charge in [-0.1, -0.05) is 84.0 Å². The van der Waals surface area contributed by atoms with Gasteiger partial charge in [-0.15, -0.1) is 0 Å². The van der Waals surface area contributed by atoms with Crippen molar-refractivity contribution in [2.75, 3.05) is 13.6 Å². The zero-order chi connectivity index (χ0) is 20.9. The van der Waals surface area contributed by atoms with E-state index in [-0.39, 0.29) is 17.9 Å². The molecule has 0 saturated carbocycles. The number of likely N-dealkylation sites (N-methyl/N-ethyl adjacent to an activating group) is 1. The van der Waals surface area contributed by atoms with Gasteiger partial charge in [0.1, 0.15) is 0 Å². The lowest BCUT2D eigenvalue weighted by Gasteiger charge is -2.11. The van der Waals surface area contributed by atoms with Crippen LogP contribution in [0.25, 0.3) is 0 Å². The van der Waals surface area contributed by atoms with E-state index < -0.39 is 0 Å². The van der Waals surface area contributed by atoms with Crippen molar-refractivity contribution in [3.05, 3.63) is 0 Å². The quantitative estimate of drug-likeness (QED) is 0.243. The second-order valence-electron chi connectivity index (χ2n) is 8.08. The van der Waals surface area contributed by atoms with E-state index in [2.05, 4.69) is 17.6 Å². The van der Waals surface area contributed by atoms with Crippen molar-refractivity contribution in [1.82, 2.24) is 10.6 Å². The molecule has 0 aromatic heterocycles. The molecule has 5 heteroatoms. The highest BCUT2D eigenvalue weighted by Crippen LogP contribution is 2.12. The van der Waals surface area contributed by atoms with E-state index in [1.807, 2.05) is 0 Å². The summed E-state index contributed by atoms with van der Waals surface area (Å²) in [7, 11) is 1.74. The Balaban J connectivity index is 3.28. The largest absolute Gasteiger partial charge is 0.368 e. The molecule has 0 aliphatic heterocycles. The molecule has 0 bridgehead atoms. The molecule has 0 aromatic rings. The van der Waals surface area contributed by atoms with Crippen LogP contribution in [0.5, 0.6) is 0 Å². The number of nitrogens with one attached hydrogen (secondary N) is 2. The van der Waals surface area contributed by atoms with Gasteiger partial charge in [0.25, 0.3) is 0 Å². The standard InChI is InChI=1S/C23H47N3O2/c1-3-4-5-6-7-8-9-10-11-12-13-14-15-19-22(27)26-20-17-16-18-21(25-2)23(24)28/h21,25H,3-20H2,1-2H3,(H2,24,28)(H,26,27)/t21-/m0/s1. The van der Waals surface area contributed by atoms with Crippen molar-refractivity contribution < 1.29 is 9.59 Å². The molecule has 5 nitrogen and oxygen atoms in total. The number of hydrogen-bond donors (Lipinski definition) is 3. The summed E-state index contributed by atoms with van der Waals surface area (Å²) in [4.78, 5) is 22.9. The second kappa shape index (κ2) is 20.6. The van der Waals surface area contributed by atoms with Crippen LogP contribution in [0.1, 0.15) is 116 Å². The van der Waals surface area contributed by atoms with E-state index in [0.29, 0.717) is 13.0 Å². The lowest BCUT2D eigenvalue weighted by atomic mass is 10.0. The second-order valence-corrected chi connectivity index (χ2v) is 8.08. The van der Waals surface area contributed by atoms with Crippen molar-refractivity contribution in [3.8, 4) is 0 Å². The van der Waals surface area contributed by atoms with Crippen LogP contribution in [0.4, 0.5) is 0 Å². The molecule has 0 heterocycles. The Hall–Kier alpha value is -1.10. The topological polar surface area (TPSA) is 84.2 Å². The first kappa shape index (κ1) is 26.9. The minimum Gasteiger partial charge on any atom is -0.368 e. The van der Waals surface area contributed by atoms with Crippen LogP contribution in [0.2, 0.25) is 0 Å². The van der Waals surface area contributed by atoms with Crippen molar-refractivity contribution in [3.63, 3.8) is 0 Å². The lowest BCUT2D eigenvalue weighted by Crippen LogP contribution is -2.39. The summed E-state index contributed by atoms with van der Waals surface area (Å²) in [6, 6.07) is -0.263. The Labute approximate surface area is 174 Å². The maximum absolute atomic E-state index is 11.8. The number of hydrogen-bond acceptors (Lipinski definition) is 3. The number of nitrogens with two attached hydrogens (primary N) is 1. The van der Waals surface area contributed by atoms with Crippen LogP contribution in [-0.2, 0) is 9.59 Å². The summed E-state index contributed by atoms with van der Waals surface area (Å²) < 4.78 is 0. The molecule has 0 aliphatic carbocycles. The van der Waals surface area contributed by atoms with Crippen LogP contribution < -0.4 is 16.4 Å². The maximum atomic E-state index is 11.8. The van der Waals surface area contributed by atoms with Gasteiger partial charge < -0.3 is 16.4 Å². The highest BCUT2D eigenvalue weighted by atomic mass is 16.2. The molecule has 166 valence electrons. The van der Waals surface area contributed by atoms with Gasteiger partial charge in [-0.3, -0.25) is 9.59 Å². The summed E-state index contributed by atoms with van der Waals surface area (Å²) >= 11 is 0. The minimum atomic E-state index is -0.311.